The molecule has 1 aromatic carbocycles. The van der Waals surface area contributed by atoms with Gasteiger partial charge in [-0.05, 0) is 24.3 Å². The Kier molecular flexibility index (Phi) is 3.18. The van der Waals surface area contributed by atoms with E-state index in [2.05, 4.69) is 0 Å². The summed E-state index contributed by atoms with van der Waals surface area (Å²) in [4.78, 5) is 0. The Labute approximate surface area is 84.2 Å². The van der Waals surface area contributed by atoms with E-state index < -0.39 is 11.7 Å². The molecule has 0 unspecified atom stereocenters. The molecule has 0 aliphatic heterocycles. The fourth-order valence-corrected chi connectivity index (χ4v) is 0.901. The molecule has 15 heavy (non-hydrogen) atoms. The maximum absolute atomic E-state index is 12.1. The molecular weight excluding hydrogens is 209 g/mol. The van der Waals surface area contributed by atoms with Crippen molar-refractivity contribution < 1.29 is 17.9 Å². The highest BCUT2D eigenvalue weighted by atomic mass is 19.4. The van der Waals surface area contributed by atoms with Crippen LogP contribution in [-0.4, -0.2) is 12.4 Å². The number of alkyl halides is 3. The van der Waals surface area contributed by atoms with Crippen LogP contribution in [0.2, 0.25) is 0 Å². The zero-order valence-corrected chi connectivity index (χ0v) is 7.64. The van der Waals surface area contributed by atoms with Gasteiger partial charge < -0.3 is 10.5 Å². The second-order valence-corrected chi connectivity index (χ2v) is 2.84. The molecule has 0 bridgehead atoms. The summed E-state index contributed by atoms with van der Waals surface area (Å²) in [6, 6.07) is 4.20. The van der Waals surface area contributed by atoms with Crippen LogP contribution in [0.3, 0.4) is 0 Å². The number of nitrogens with one attached hydrogen (secondary N) is 1. The van der Waals surface area contributed by atoms with Gasteiger partial charge in [-0.25, -0.2) is 0 Å². The quantitative estimate of drug-likeness (QED) is 0.602. The largest absolute Gasteiger partial charge is 0.486 e. The van der Waals surface area contributed by atoms with Crippen LogP contribution in [0.1, 0.15) is 5.56 Å². The van der Waals surface area contributed by atoms with Gasteiger partial charge in [0.25, 0.3) is 0 Å². The average Bonchev–Trinajstić information content (AvgIpc) is 2.14. The standard InChI is InChI=1S/C9H9F3N2O/c10-9(11,12)6-1-3-7(4-2-6)15-5-8(13)14/h1-4H,5H2,(H3,13,14). The monoisotopic (exact) mass is 218 g/mol. The van der Waals surface area contributed by atoms with Crippen LogP contribution in [0.4, 0.5) is 13.2 Å². The predicted molar refractivity (Wildman–Crippen MR) is 48.9 cm³/mol. The molecule has 3 nitrogen and oxygen atoms in total. The number of rotatable bonds is 3. The topological polar surface area (TPSA) is 59.1 Å². The first-order valence-electron chi connectivity index (χ1n) is 4.02. The molecule has 3 N–H and O–H groups in total. The molecule has 0 spiro atoms. The van der Waals surface area contributed by atoms with Crippen molar-refractivity contribution in [1.82, 2.24) is 0 Å². The lowest BCUT2D eigenvalue weighted by Crippen LogP contribution is -2.19. The van der Waals surface area contributed by atoms with Crippen LogP contribution in [0.25, 0.3) is 0 Å². The van der Waals surface area contributed by atoms with Gasteiger partial charge in [0, 0.05) is 0 Å². The molecule has 0 aliphatic rings. The molecule has 0 aliphatic carbocycles. The number of ether oxygens (including phenoxy) is 1. The fraction of sp³-hybridized carbons (Fsp3) is 0.222. The third kappa shape index (κ3) is 3.49. The SMILES string of the molecule is N=C(N)COc1ccc(C(F)(F)F)cc1. The van der Waals surface area contributed by atoms with Gasteiger partial charge in [-0.15, -0.1) is 0 Å². The maximum Gasteiger partial charge on any atom is 0.416 e. The Balaban J connectivity index is 2.69. The van der Waals surface area contributed by atoms with Crippen LogP contribution >= 0.6 is 0 Å². The molecule has 0 aromatic heterocycles. The summed E-state index contributed by atoms with van der Waals surface area (Å²) in [7, 11) is 0. The minimum absolute atomic E-state index is 0.134. The van der Waals surface area contributed by atoms with Gasteiger partial charge in [-0.2, -0.15) is 13.2 Å². The first-order valence-corrected chi connectivity index (χ1v) is 4.02. The average molecular weight is 218 g/mol. The predicted octanol–water partition coefficient (Wildman–Crippen LogP) is 2.02. The summed E-state index contributed by atoms with van der Waals surface area (Å²) in [5.74, 6) is 0.0631. The lowest BCUT2D eigenvalue weighted by molar-refractivity contribution is -0.137. The van der Waals surface area contributed by atoms with Crippen molar-refractivity contribution in [2.45, 2.75) is 6.18 Å². The molecule has 6 heteroatoms. The molecule has 0 amide bonds. The molecule has 0 heterocycles. The highest BCUT2D eigenvalue weighted by Crippen LogP contribution is 2.30. The van der Waals surface area contributed by atoms with Gasteiger partial charge >= 0.3 is 6.18 Å². The van der Waals surface area contributed by atoms with E-state index >= 15 is 0 Å². The number of halogens is 3. The summed E-state index contributed by atoms with van der Waals surface area (Å²) in [6.07, 6.45) is -4.35. The summed E-state index contributed by atoms with van der Waals surface area (Å²) in [5, 5.41) is 6.86. The number of benzene rings is 1. The van der Waals surface area contributed by atoms with Gasteiger partial charge in [-0.1, -0.05) is 0 Å². The number of hydrogen-bond donors (Lipinski definition) is 2. The van der Waals surface area contributed by atoms with Crippen molar-refractivity contribution in [1.29, 1.82) is 5.41 Å². The summed E-state index contributed by atoms with van der Waals surface area (Å²) < 4.78 is 41.3. The molecular formula is C9H9F3N2O. The van der Waals surface area contributed by atoms with Gasteiger partial charge in [0.2, 0.25) is 0 Å². The zero-order chi connectivity index (χ0) is 11.5. The lowest BCUT2D eigenvalue weighted by atomic mass is 10.2. The zero-order valence-electron chi connectivity index (χ0n) is 7.64. The Morgan fingerprint density at radius 3 is 2.20 bits per heavy atom. The van der Waals surface area contributed by atoms with Crippen molar-refractivity contribution in [3.05, 3.63) is 29.8 Å². The van der Waals surface area contributed by atoms with E-state index in [0.717, 1.165) is 12.1 Å². The second-order valence-electron chi connectivity index (χ2n) is 2.84. The molecule has 82 valence electrons. The van der Waals surface area contributed by atoms with Crippen LogP contribution < -0.4 is 10.5 Å². The molecule has 0 radical (unpaired) electrons. The Morgan fingerprint density at radius 2 is 1.80 bits per heavy atom. The third-order valence-corrected chi connectivity index (χ3v) is 1.58. The van der Waals surface area contributed by atoms with E-state index in [-0.39, 0.29) is 18.2 Å². The van der Waals surface area contributed by atoms with E-state index in [0.29, 0.717) is 0 Å². The Morgan fingerprint density at radius 1 is 1.27 bits per heavy atom. The molecule has 1 aromatic rings. The first kappa shape index (κ1) is 11.4. The van der Waals surface area contributed by atoms with E-state index in [9.17, 15) is 13.2 Å². The van der Waals surface area contributed by atoms with Gasteiger partial charge in [-0.3, -0.25) is 5.41 Å². The summed E-state index contributed by atoms with van der Waals surface area (Å²) in [5.41, 5.74) is 4.28. The molecule has 0 fully saturated rings. The van der Waals surface area contributed by atoms with E-state index in [4.69, 9.17) is 15.9 Å². The van der Waals surface area contributed by atoms with Gasteiger partial charge in [0.1, 0.15) is 18.2 Å². The van der Waals surface area contributed by atoms with Crippen molar-refractivity contribution in [2.75, 3.05) is 6.61 Å². The van der Waals surface area contributed by atoms with Crippen LogP contribution in [0, 0.1) is 5.41 Å². The minimum atomic E-state index is -4.35. The molecule has 1 rings (SSSR count). The first-order chi connectivity index (χ1) is 6.89. The molecule has 0 saturated carbocycles. The van der Waals surface area contributed by atoms with Gasteiger partial charge in [0.05, 0.1) is 5.56 Å². The Hall–Kier alpha value is -1.72. The highest BCUT2D eigenvalue weighted by Gasteiger charge is 2.29. The summed E-state index contributed by atoms with van der Waals surface area (Å²) in [6.45, 7) is -0.134. The van der Waals surface area contributed by atoms with E-state index in [1.54, 1.807) is 0 Å². The van der Waals surface area contributed by atoms with Crippen molar-refractivity contribution in [2.24, 2.45) is 5.73 Å². The lowest BCUT2D eigenvalue weighted by Gasteiger charge is -2.08. The normalized spacial score (nSPS) is 11.1. The minimum Gasteiger partial charge on any atom is -0.486 e. The molecule has 0 saturated heterocycles. The maximum atomic E-state index is 12.1. The van der Waals surface area contributed by atoms with Crippen LogP contribution in [-0.2, 0) is 6.18 Å². The Bertz CT molecular complexity index is 345. The van der Waals surface area contributed by atoms with E-state index in [1.807, 2.05) is 0 Å². The second kappa shape index (κ2) is 4.20. The van der Waals surface area contributed by atoms with Crippen molar-refractivity contribution in [3.63, 3.8) is 0 Å². The number of amidine groups is 1. The van der Waals surface area contributed by atoms with Crippen LogP contribution in [0.15, 0.2) is 24.3 Å². The van der Waals surface area contributed by atoms with Gasteiger partial charge in [0.15, 0.2) is 0 Å². The fourth-order valence-electron chi connectivity index (χ4n) is 0.901. The van der Waals surface area contributed by atoms with Crippen molar-refractivity contribution in [3.8, 4) is 5.75 Å². The van der Waals surface area contributed by atoms with E-state index in [1.165, 1.54) is 12.1 Å². The summed E-state index contributed by atoms with van der Waals surface area (Å²) >= 11 is 0. The molecule has 0 atom stereocenters. The highest BCUT2D eigenvalue weighted by molar-refractivity contribution is 5.78. The third-order valence-electron chi connectivity index (χ3n) is 1.58. The number of nitrogens with two attached hydrogens (primary N) is 1. The van der Waals surface area contributed by atoms with Crippen molar-refractivity contribution >= 4 is 5.84 Å². The van der Waals surface area contributed by atoms with Crippen LogP contribution in [0.5, 0.6) is 5.75 Å². The number of hydrogen-bond acceptors (Lipinski definition) is 2. The smallest absolute Gasteiger partial charge is 0.416 e.